The first-order valence-electron chi connectivity index (χ1n) is 9.63. The number of esters is 1. The van der Waals surface area contributed by atoms with E-state index in [0.717, 1.165) is 42.3 Å². The number of hydrogen-bond acceptors (Lipinski definition) is 7. The van der Waals surface area contributed by atoms with Crippen molar-refractivity contribution in [1.29, 1.82) is 0 Å². The predicted octanol–water partition coefficient (Wildman–Crippen LogP) is 2.17. The summed E-state index contributed by atoms with van der Waals surface area (Å²) in [6.07, 6.45) is 6.52. The molecule has 1 fully saturated rings. The Morgan fingerprint density at radius 2 is 2.11 bits per heavy atom. The van der Waals surface area contributed by atoms with Crippen molar-refractivity contribution >= 4 is 45.2 Å². The molecule has 1 saturated carbocycles. The molecular weight excluding hydrogens is 398 g/mol. The lowest BCUT2D eigenvalue weighted by Crippen LogP contribution is -2.32. The number of aromatic nitrogens is 2. The van der Waals surface area contributed by atoms with Gasteiger partial charge in [-0.25, -0.2) is 4.98 Å². The van der Waals surface area contributed by atoms with E-state index in [1.807, 2.05) is 0 Å². The van der Waals surface area contributed by atoms with E-state index in [9.17, 15) is 14.4 Å². The molecule has 2 N–H and O–H groups in total. The van der Waals surface area contributed by atoms with Crippen LogP contribution >= 0.6 is 23.1 Å². The van der Waals surface area contributed by atoms with E-state index in [0.29, 0.717) is 24.1 Å². The Labute approximate surface area is 170 Å². The average molecular weight is 422 g/mol. The molecule has 1 amide bonds. The summed E-state index contributed by atoms with van der Waals surface area (Å²) in [6, 6.07) is 0. The Hall–Kier alpha value is -1.87. The minimum absolute atomic E-state index is 0.0807. The fourth-order valence-electron chi connectivity index (χ4n) is 3.29. The molecule has 0 saturated heterocycles. The van der Waals surface area contributed by atoms with Crippen LogP contribution < -0.4 is 10.9 Å². The second kappa shape index (κ2) is 8.65. The molecule has 0 unspecified atom stereocenters. The number of thiophene rings is 1. The standard InChI is InChI=1S/C19H23N3O4S2/c23-15(20-7-16(24)26-8-11-5-6-11)10-27-9-14-21-18(25)17-12-3-1-2-4-13(12)28-19(17)22-14/h11H,1-10H2,(H,20,23)(H,21,22,25). The van der Waals surface area contributed by atoms with Gasteiger partial charge in [-0.1, -0.05) is 0 Å². The molecule has 0 aliphatic heterocycles. The van der Waals surface area contributed by atoms with Gasteiger partial charge in [0, 0.05) is 4.88 Å². The number of rotatable bonds is 8. The van der Waals surface area contributed by atoms with Gasteiger partial charge in [0.2, 0.25) is 5.91 Å². The van der Waals surface area contributed by atoms with Gasteiger partial charge < -0.3 is 15.0 Å². The normalized spacial score (nSPS) is 16.0. The van der Waals surface area contributed by atoms with E-state index in [1.165, 1.54) is 28.6 Å². The molecule has 2 aromatic rings. The van der Waals surface area contributed by atoms with Crippen LogP contribution in [0.15, 0.2) is 4.79 Å². The molecule has 9 heteroatoms. The highest BCUT2D eigenvalue weighted by Gasteiger charge is 2.23. The molecule has 7 nitrogen and oxygen atoms in total. The van der Waals surface area contributed by atoms with Gasteiger partial charge in [0.15, 0.2) is 0 Å². The first-order valence-corrected chi connectivity index (χ1v) is 11.6. The number of aromatic amines is 1. The van der Waals surface area contributed by atoms with Crippen molar-refractivity contribution in [2.24, 2.45) is 5.92 Å². The maximum absolute atomic E-state index is 12.5. The van der Waals surface area contributed by atoms with Gasteiger partial charge in [0.05, 0.1) is 23.5 Å². The number of nitrogens with zero attached hydrogens (tertiary/aromatic N) is 1. The van der Waals surface area contributed by atoms with Crippen LogP contribution in [-0.2, 0) is 32.9 Å². The summed E-state index contributed by atoms with van der Waals surface area (Å²) >= 11 is 2.97. The number of aryl methyl sites for hydroxylation is 2. The SMILES string of the molecule is O=C(CSCc1nc2sc3c(c2c(=O)[nH]1)CCCC3)NCC(=O)OCC1CC1. The number of carbonyl (C=O) groups is 2. The van der Waals surface area contributed by atoms with Gasteiger partial charge >= 0.3 is 5.97 Å². The van der Waals surface area contributed by atoms with Crippen LogP contribution in [0, 0.1) is 5.92 Å². The predicted molar refractivity (Wildman–Crippen MR) is 110 cm³/mol. The first-order chi connectivity index (χ1) is 13.6. The molecule has 0 atom stereocenters. The van der Waals surface area contributed by atoms with Gasteiger partial charge in [-0.2, -0.15) is 0 Å². The van der Waals surface area contributed by atoms with Crippen LogP contribution in [0.2, 0.25) is 0 Å². The third-order valence-corrected chi connectivity index (χ3v) is 7.08. The van der Waals surface area contributed by atoms with Crippen LogP contribution in [0.3, 0.4) is 0 Å². The fourth-order valence-corrected chi connectivity index (χ4v) is 5.29. The summed E-state index contributed by atoms with van der Waals surface area (Å²) in [5.41, 5.74) is 1.09. The number of fused-ring (bicyclic) bond motifs is 3. The fraction of sp³-hybridized carbons (Fsp3) is 0.579. The summed E-state index contributed by atoms with van der Waals surface area (Å²) < 4.78 is 5.07. The Morgan fingerprint density at radius 3 is 2.93 bits per heavy atom. The number of nitrogens with one attached hydrogen (secondary N) is 2. The van der Waals surface area contributed by atoms with Crippen LogP contribution in [0.5, 0.6) is 0 Å². The van der Waals surface area contributed by atoms with E-state index < -0.39 is 5.97 Å². The van der Waals surface area contributed by atoms with Crippen molar-refractivity contribution in [3.8, 4) is 0 Å². The molecule has 0 radical (unpaired) electrons. The topological polar surface area (TPSA) is 101 Å². The number of thioether (sulfide) groups is 1. The van der Waals surface area contributed by atoms with E-state index in [1.54, 1.807) is 11.3 Å². The Bertz CT molecular complexity index is 949. The molecule has 0 aromatic carbocycles. The zero-order chi connectivity index (χ0) is 19.5. The highest BCUT2D eigenvalue weighted by Crippen LogP contribution is 2.33. The number of ether oxygens (including phenoxy) is 1. The van der Waals surface area contributed by atoms with Gasteiger partial charge in [0.25, 0.3) is 5.56 Å². The highest BCUT2D eigenvalue weighted by atomic mass is 32.2. The minimum Gasteiger partial charge on any atom is -0.464 e. The van der Waals surface area contributed by atoms with Crippen LogP contribution in [0.4, 0.5) is 0 Å². The smallest absolute Gasteiger partial charge is 0.325 e. The van der Waals surface area contributed by atoms with Crippen molar-refractivity contribution in [1.82, 2.24) is 15.3 Å². The van der Waals surface area contributed by atoms with Crippen molar-refractivity contribution in [3.05, 3.63) is 26.6 Å². The Balaban J connectivity index is 1.26. The average Bonchev–Trinajstić information content (AvgIpc) is 3.43. The molecule has 4 rings (SSSR count). The lowest BCUT2D eigenvalue weighted by atomic mass is 9.97. The maximum atomic E-state index is 12.5. The van der Waals surface area contributed by atoms with Crippen molar-refractivity contribution in [2.45, 2.75) is 44.3 Å². The third kappa shape index (κ3) is 4.75. The van der Waals surface area contributed by atoms with E-state index >= 15 is 0 Å². The lowest BCUT2D eigenvalue weighted by molar-refractivity contribution is -0.144. The van der Waals surface area contributed by atoms with Crippen LogP contribution in [0.1, 0.15) is 41.9 Å². The lowest BCUT2D eigenvalue weighted by Gasteiger charge is -2.09. The van der Waals surface area contributed by atoms with Crippen molar-refractivity contribution in [3.63, 3.8) is 0 Å². The van der Waals surface area contributed by atoms with Gasteiger partial charge in [-0.05, 0) is 50.0 Å². The molecule has 2 aliphatic rings. The van der Waals surface area contributed by atoms with Gasteiger partial charge in [-0.15, -0.1) is 23.1 Å². The molecule has 150 valence electrons. The molecular formula is C19H23N3O4S2. The van der Waals surface area contributed by atoms with E-state index in [4.69, 9.17) is 4.74 Å². The summed E-state index contributed by atoms with van der Waals surface area (Å²) in [5.74, 6) is 1.09. The Morgan fingerprint density at radius 1 is 1.29 bits per heavy atom. The zero-order valence-corrected chi connectivity index (χ0v) is 17.2. The monoisotopic (exact) mass is 421 g/mol. The zero-order valence-electron chi connectivity index (χ0n) is 15.5. The highest BCUT2D eigenvalue weighted by molar-refractivity contribution is 7.99. The molecule has 2 aliphatic carbocycles. The molecule has 0 bridgehead atoms. The number of H-pyrrole nitrogens is 1. The largest absolute Gasteiger partial charge is 0.464 e. The van der Waals surface area contributed by atoms with Gasteiger partial charge in [0.1, 0.15) is 17.2 Å². The maximum Gasteiger partial charge on any atom is 0.325 e. The molecule has 28 heavy (non-hydrogen) atoms. The second-order valence-corrected chi connectivity index (χ2v) is 9.37. The third-order valence-electron chi connectivity index (χ3n) is 4.95. The summed E-state index contributed by atoms with van der Waals surface area (Å²) in [6.45, 7) is 0.352. The quantitative estimate of drug-likeness (QED) is 0.634. The van der Waals surface area contributed by atoms with Gasteiger partial charge in [-0.3, -0.25) is 14.4 Å². The summed E-state index contributed by atoms with van der Waals surface area (Å²) in [5, 5.41) is 3.31. The first kappa shape index (κ1) is 19.4. The van der Waals surface area contributed by atoms with Crippen molar-refractivity contribution < 1.29 is 14.3 Å². The number of hydrogen-bond donors (Lipinski definition) is 2. The van der Waals surface area contributed by atoms with Crippen LogP contribution in [-0.4, -0.2) is 40.7 Å². The van der Waals surface area contributed by atoms with Crippen molar-refractivity contribution in [2.75, 3.05) is 18.9 Å². The Kier molecular flexibility index (Phi) is 6.01. The van der Waals surface area contributed by atoms with Crippen LogP contribution in [0.25, 0.3) is 10.2 Å². The number of carbonyl (C=O) groups excluding carboxylic acids is 2. The number of amides is 1. The molecule has 2 heterocycles. The minimum atomic E-state index is -0.400. The summed E-state index contributed by atoms with van der Waals surface area (Å²) in [4.78, 5) is 45.4. The molecule has 0 spiro atoms. The second-order valence-electron chi connectivity index (χ2n) is 7.30. The van der Waals surface area contributed by atoms with E-state index in [2.05, 4.69) is 15.3 Å². The molecule has 2 aromatic heterocycles. The van der Waals surface area contributed by atoms with E-state index in [-0.39, 0.29) is 23.8 Å². The summed E-state index contributed by atoms with van der Waals surface area (Å²) in [7, 11) is 0.